The van der Waals surface area contributed by atoms with Crippen molar-refractivity contribution in [2.45, 2.75) is 16.2 Å². The van der Waals surface area contributed by atoms with Gasteiger partial charge >= 0.3 is 5.97 Å². The van der Waals surface area contributed by atoms with E-state index in [0.29, 0.717) is 23.4 Å². The van der Waals surface area contributed by atoms with E-state index >= 15 is 4.39 Å². The number of nitrogens with one attached hydrogen (secondary N) is 1. The van der Waals surface area contributed by atoms with Gasteiger partial charge < -0.3 is 20.7 Å². The average molecular weight is 450 g/mol. The summed E-state index contributed by atoms with van der Waals surface area (Å²) >= 11 is 1.35. The molecule has 0 atom stereocenters. The molecule has 2 heterocycles. The Kier molecular flexibility index (Phi) is 5.87. The summed E-state index contributed by atoms with van der Waals surface area (Å²) < 4.78 is 16.8. The van der Waals surface area contributed by atoms with Crippen LogP contribution in [0.2, 0.25) is 0 Å². The minimum atomic E-state index is -1.35. The first-order chi connectivity index (χ1) is 15.4. The maximum atomic E-state index is 15.2. The zero-order valence-electron chi connectivity index (χ0n) is 17.0. The number of nitrogens with two attached hydrogens (primary N) is 1. The molecule has 0 radical (unpaired) electrons. The number of aromatic carboxylic acids is 1. The van der Waals surface area contributed by atoms with Crippen molar-refractivity contribution >= 4 is 34.3 Å². The summed E-state index contributed by atoms with van der Waals surface area (Å²) in [4.78, 5) is 25.8. The van der Waals surface area contributed by atoms with Gasteiger partial charge in [-0.15, -0.1) is 0 Å². The molecule has 1 aliphatic rings. The van der Waals surface area contributed by atoms with Crippen molar-refractivity contribution in [1.82, 2.24) is 4.57 Å². The summed E-state index contributed by atoms with van der Waals surface area (Å²) in [6.07, 6.45) is 8.58. The lowest BCUT2D eigenvalue weighted by molar-refractivity contribution is 0.0695. The van der Waals surface area contributed by atoms with Crippen LogP contribution in [0.25, 0.3) is 16.6 Å². The number of fused-ring (bicyclic) bond motifs is 2. The van der Waals surface area contributed by atoms with Gasteiger partial charge in [-0.05, 0) is 36.9 Å². The smallest absolute Gasteiger partial charge is 0.341 e. The number of anilines is 1. The number of halogens is 1. The van der Waals surface area contributed by atoms with E-state index in [4.69, 9.17) is 5.73 Å². The minimum absolute atomic E-state index is 0.0332. The molecule has 6 nitrogen and oxygen atoms in total. The number of carboxylic acids is 1. The zero-order valence-corrected chi connectivity index (χ0v) is 17.8. The Morgan fingerprint density at radius 1 is 1.31 bits per heavy atom. The van der Waals surface area contributed by atoms with Crippen LogP contribution in [0.3, 0.4) is 0 Å². The Hall–Kier alpha value is -3.78. The van der Waals surface area contributed by atoms with E-state index in [2.05, 4.69) is 11.9 Å². The van der Waals surface area contributed by atoms with Crippen molar-refractivity contribution in [2.24, 2.45) is 5.73 Å². The SMILES string of the molecule is C=C(/C=C\C=C/N)CCNc1c(F)cc2c(=O)c(C(=O)O)cn3c2c1Sc1ccccc1-3. The average Bonchev–Trinajstić information content (AvgIpc) is 2.77. The van der Waals surface area contributed by atoms with Gasteiger partial charge in [0.15, 0.2) is 0 Å². The van der Waals surface area contributed by atoms with E-state index in [9.17, 15) is 14.7 Å². The standard InChI is InChI=1S/C24H20FN3O3S/c1-14(6-4-5-10-26)9-11-27-20-17(25)12-15-21-23(20)32-19-8-3-2-7-18(19)28(21)13-16(22(15)29)24(30)31/h2-8,10,12-13,27H,1,9,11,26H2,(H,30,31)/b6-4-,10-5-. The molecule has 1 aliphatic heterocycles. The lowest BCUT2D eigenvalue weighted by Crippen LogP contribution is -2.21. The molecule has 0 saturated carbocycles. The first-order valence-corrected chi connectivity index (χ1v) is 10.6. The third kappa shape index (κ3) is 3.80. The van der Waals surface area contributed by atoms with Gasteiger partial charge in [0.1, 0.15) is 11.4 Å². The third-order valence-electron chi connectivity index (χ3n) is 5.06. The van der Waals surface area contributed by atoms with Gasteiger partial charge in [-0.3, -0.25) is 4.79 Å². The highest BCUT2D eigenvalue weighted by atomic mass is 32.2. The molecule has 4 N–H and O–H groups in total. The normalized spacial score (nSPS) is 12.4. The lowest BCUT2D eigenvalue weighted by Gasteiger charge is -2.25. The van der Waals surface area contributed by atoms with Crippen LogP contribution in [-0.4, -0.2) is 22.2 Å². The number of benzene rings is 2. The number of carbonyl (C=O) groups is 1. The van der Waals surface area contributed by atoms with E-state index in [1.54, 1.807) is 16.7 Å². The van der Waals surface area contributed by atoms with Crippen LogP contribution in [0.5, 0.6) is 0 Å². The van der Waals surface area contributed by atoms with Gasteiger partial charge in [-0.25, -0.2) is 9.18 Å². The van der Waals surface area contributed by atoms with Crippen LogP contribution in [0.1, 0.15) is 16.8 Å². The summed E-state index contributed by atoms with van der Waals surface area (Å²) in [5, 5.41) is 12.7. The summed E-state index contributed by atoms with van der Waals surface area (Å²) in [6.45, 7) is 4.39. The van der Waals surface area contributed by atoms with Gasteiger partial charge in [0.2, 0.25) is 5.43 Å². The molecule has 4 rings (SSSR count). The summed E-state index contributed by atoms with van der Waals surface area (Å²) in [7, 11) is 0. The van der Waals surface area contributed by atoms with Gasteiger partial charge in [-0.1, -0.05) is 48.2 Å². The number of pyridine rings is 1. The third-order valence-corrected chi connectivity index (χ3v) is 6.23. The number of rotatable bonds is 7. The van der Waals surface area contributed by atoms with Crippen molar-refractivity contribution in [1.29, 1.82) is 0 Å². The number of aromatic nitrogens is 1. The Bertz CT molecular complexity index is 1380. The van der Waals surface area contributed by atoms with E-state index in [1.165, 1.54) is 24.2 Å². The number of nitrogens with zero attached hydrogens (tertiary/aromatic N) is 1. The van der Waals surface area contributed by atoms with E-state index < -0.39 is 22.8 Å². The van der Waals surface area contributed by atoms with Crippen LogP contribution in [0.4, 0.5) is 10.1 Å². The predicted octanol–water partition coefficient (Wildman–Crippen LogP) is 4.68. The molecule has 1 aromatic heterocycles. The first kappa shape index (κ1) is 21.5. The van der Waals surface area contributed by atoms with Crippen molar-refractivity contribution in [3.8, 4) is 5.69 Å². The maximum absolute atomic E-state index is 15.2. The van der Waals surface area contributed by atoms with Gasteiger partial charge in [0.25, 0.3) is 0 Å². The molecule has 0 saturated heterocycles. The zero-order chi connectivity index (χ0) is 22.8. The maximum Gasteiger partial charge on any atom is 0.341 e. The van der Waals surface area contributed by atoms with E-state index in [0.717, 1.165) is 22.2 Å². The molecule has 3 aromatic rings. The fraction of sp³-hybridized carbons (Fsp3) is 0.0833. The molecular weight excluding hydrogens is 429 g/mol. The second-order valence-corrected chi connectivity index (χ2v) is 8.21. The molecule has 2 aromatic carbocycles. The minimum Gasteiger partial charge on any atom is -0.477 e. The van der Waals surface area contributed by atoms with Gasteiger partial charge in [0.05, 0.1) is 27.2 Å². The fourth-order valence-corrected chi connectivity index (χ4v) is 4.79. The van der Waals surface area contributed by atoms with Gasteiger partial charge in [-0.2, -0.15) is 0 Å². The summed E-state index contributed by atoms with van der Waals surface area (Å²) in [5.41, 5.74) is 6.52. The molecule has 0 amide bonds. The van der Waals surface area contributed by atoms with Crippen molar-refractivity contribution in [2.75, 3.05) is 11.9 Å². The van der Waals surface area contributed by atoms with E-state index in [-0.39, 0.29) is 11.1 Å². The van der Waals surface area contributed by atoms with Crippen LogP contribution >= 0.6 is 11.8 Å². The van der Waals surface area contributed by atoms with Crippen LogP contribution in [0.15, 0.2) is 87.7 Å². The Morgan fingerprint density at radius 2 is 2.09 bits per heavy atom. The molecule has 0 bridgehead atoms. The van der Waals surface area contributed by atoms with Crippen LogP contribution < -0.4 is 16.5 Å². The first-order valence-electron chi connectivity index (χ1n) is 9.81. The van der Waals surface area contributed by atoms with Crippen LogP contribution in [0, 0.1) is 5.82 Å². The molecule has 0 aliphatic carbocycles. The second kappa shape index (κ2) is 8.76. The molecule has 32 heavy (non-hydrogen) atoms. The lowest BCUT2D eigenvalue weighted by atomic mass is 10.1. The van der Waals surface area contributed by atoms with Crippen molar-refractivity contribution in [3.63, 3.8) is 0 Å². The molecule has 162 valence electrons. The topological polar surface area (TPSA) is 97.3 Å². The number of hydrogen-bond acceptors (Lipinski definition) is 5. The van der Waals surface area contributed by atoms with Crippen molar-refractivity contribution in [3.05, 3.63) is 94.7 Å². The van der Waals surface area contributed by atoms with E-state index in [1.807, 2.05) is 30.3 Å². The highest BCUT2D eigenvalue weighted by Crippen LogP contribution is 2.46. The quantitative estimate of drug-likeness (QED) is 0.355. The molecule has 0 spiro atoms. The monoisotopic (exact) mass is 449 g/mol. The van der Waals surface area contributed by atoms with Gasteiger partial charge in [0, 0.05) is 17.6 Å². The second-order valence-electron chi connectivity index (χ2n) is 7.15. The highest BCUT2D eigenvalue weighted by molar-refractivity contribution is 8.00. The number of hydrogen-bond donors (Lipinski definition) is 3. The van der Waals surface area contributed by atoms with Crippen LogP contribution in [-0.2, 0) is 0 Å². The molecule has 0 fully saturated rings. The number of allylic oxidation sites excluding steroid dienone is 3. The summed E-state index contributed by atoms with van der Waals surface area (Å²) in [5.74, 6) is -1.96. The molecule has 0 unspecified atom stereocenters. The molecule has 8 heteroatoms. The predicted molar refractivity (Wildman–Crippen MR) is 125 cm³/mol. The Balaban J connectivity index is 1.82. The largest absolute Gasteiger partial charge is 0.477 e. The van der Waals surface area contributed by atoms with Crippen molar-refractivity contribution < 1.29 is 14.3 Å². The number of para-hydroxylation sites is 1. The molecular formula is C24H20FN3O3S. The Labute approximate surface area is 187 Å². The number of carboxylic acid groups (broad SMARTS) is 1. The highest BCUT2D eigenvalue weighted by Gasteiger charge is 2.27. The summed E-state index contributed by atoms with van der Waals surface area (Å²) in [6, 6.07) is 8.51. The fourth-order valence-electron chi connectivity index (χ4n) is 3.57. The Morgan fingerprint density at radius 3 is 2.84 bits per heavy atom.